The number of pyridine rings is 1. The first kappa shape index (κ1) is 26.3. The highest BCUT2D eigenvalue weighted by Crippen LogP contribution is 2.30. The molecule has 40 heavy (non-hydrogen) atoms. The predicted molar refractivity (Wildman–Crippen MR) is 157 cm³/mol. The van der Waals surface area contributed by atoms with Crippen LogP contribution in [0.4, 0.5) is 0 Å². The van der Waals surface area contributed by atoms with Gasteiger partial charge in [0.1, 0.15) is 0 Å². The summed E-state index contributed by atoms with van der Waals surface area (Å²) in [7, 11) is 0. The van der Waals surface area contributed by atoms with Gasteiger partial charge in [0.2, 0.25) is 5.62 Å². The summed E-state index contributed by atoms with van der Waals surface area (Å²) in [6.45, 7) is 1.02. The second kappa shape index (κ2) is 10.9. The lowest BCUT2D eigenvalue weighted by molar-refractivity contribution is 0.0740. The first-order valence-electron chi connectivity index (χ1n) is 13.3. The Morgan fingerprint density at radius 3 is 2.48 bits per heavy atom. The lowest BCUT2D eigenvalue weighted by Crippen LogP contribution is -2.35. The number of nitrogens with zero attached hydrogens (tertiary/aromatic N) is 4. The number of carbonyl (C=O) groups is 2. The van der Waals surface area contributed by atoms with E-state index < -0.39 is 0 Å². The number of amides is 1. The molecular weight excluding hydrogens is 545 g/mol. The second-order valence-corrected chi connectivity index (χ2v) is 10.9. The van der Waals surface area contributed by atoms with Crippen LogP contribution >= 0.6 is 23.2 Å². The van der Waals surface area contributed by atoms with Crippen molar-refractivity contribution in [3.8, 4) is 0 Å². The molecule has 0 aliphatic heterocycles. The van der Waals surface area contributed by atoms with Crippen LogP contribution in [0.3, 0.4) is 0 Å². The second-order valence-electron chi connectivity index (χ2n) is 10.1. The average Bonchev–Trinajstić information content (AvgIpc) is 3.77. The molecule has 2 aromatic heterocycles. The maximum absolute atomic E-state index is 13.7. The smallest absolute Gasteiger partial charge is 0.256 e. The Morgan fingerprint density at radius 1 is 0.950 bits per heavy atom. The largest absolute Gasteiger partial charge is 0.336 e. The van der Waals surface area contributed by atoms with E-state index >= 15 is 0 Å². The van der Waals surface area contributed by atoms with Crippen LogP contribution in [0.1, 0.15) is 40.0 Å². The van der Waals surface area contributed by atoms with Gasteiger partial charge in [-0.05, 0) is 67.8 Å². The van der Waals surface area contributed by atoms with Crippen molar-refractivity contribution >= 4 is 56.8 Å². The number of aryl methyl sites for hydroxylation is 1. The van der Waals surface area contributed by atoms with E-state index in [4.69, 9.17) is 28.6 Å². The number of benzene rings is 3. The molecule has 202 valence electrons. The number of carbonyl (C=O) groups excluding carboxylic acids is 2. The number of aromatic nitrogens is 3. The first-order chi connectivity index (χ1) is 19.4. The number of hydrogen-bond acceptors (Lipinski definition) is 4. The Labute approximate surface area is 241 Å². The summed E-state index contributed by atoms with van der Waals surface area (Å²) in [5.74, 6) is -0.139. The molecule has 0 saturated heterocycles. The molecule has 1 amide bonds. The third kappa shape index (κ3) is 5.03. The molecule has 9 heteroatoms. The van der Waals surface area contributed by atoms with Crippen LogP contribution in [0.15, 0.2) is 79.0 Å². The molecule has 0 spiro atoms. The third-order valence-electron chi connectivity index (χ3n) is 7.40. The summed E-state index contributed by atoms with van der Waals surface area (Å²) < 4.78 is 3.52. The van der Waals surface area contributed by atoms with Crippen molar-refractivity contribution in [3.05, 3.63) is 106 Å². The Morgan fingerprint density at radius 2 is 1.70 bits per heavy atom. The van der Waals surface area contributed by atoms with Gasteiger partial charge in [-0.3, -0.25) is 20.0 Å². The fourth-order valence-electron chi connectivity index (χ4n) is 5.27. The van der Waals surface area contributed by atoms with Crippen LogP contribution in [0.25, 0.3) is 21.9 Å². The van der Waals surface area contributed by atoms with E-state index in [1.807, 2.05) is 51.9 Å². The van der Waals surface area contributed by atoms with Gasteiger partial charge in [-0.1, -0.05) is 47.5 Å². The van der Waals surface area contributed by atoms with E-state index in [1.165, 1.54) is 0 Å². The molecule has 5 aromatic rings. The maximum Gasteiger partial charge on any atom is 0.256 e. The Kier molecular flexibility index (Phi) is 7.17. The normalized spacial score (nSPS) is 13.2. The number of halogens is 2. The molecular formula is C31H27Cl2N5O2. The number of hydrogen-bond donors (Lipinski definition) is 1. The van der Waals surface area contributed by atoms with Gasteiger partial charge in [-0.15, -0.1) is 0 Å². The molecule has 1 aliphatic carbocycles. The third-order valence-corrected chi connectivity index (χ3v) is 7.95. The number of Topliss-reactive ketones (excluding diaryl/α,β-unsaturated/α-hetero) is 1. The Bertz CT molecular complexity index is 1800. The van der Waals surface area contributed by atoms with E-state index in [-0.39, 0.29) is 29.9 Å². The molecule has 0 unspecified atom stereocenters. The van der Waals surface area contributed by atoms with E-state index in [9.17, 15) is 9.59 Å². The maximum atomic E-state index is 13.7. The highest BCUT2D eigenvalue weighted by molar-refractivity contribution is 6.35. The average molecular weight is 572 g/mol. The van der Waals surface area contributed by atoms with Crippen LogP contribution < -0.4 is 5.62 Å². The van der Waals surface area contributed by atoms with Crippen molar-refractivity contribution in [3.63, 3.8) is 0 Å². The molecule has 0 radical (unpaired) electrons. The zero-order valence-electron chi connectivity index (χ0n) is 21.7. The molecule has 1 N–H and O–H groups in total. The van der Waals surface area contributed by atoms with Gasteiger partial charge >= 0.3 is 0 Å². The van der Waals surface area contributed by atoms with E-state index in [0.717, 1.165) is 23.7 Å². The van der Waals surface area contributed by atoms with Gasteiger partial charge in [-0.2, -0.15) is 0 Å². The lowest BCUT2D eigenvalue weighted by atomic mass is 10.1. The van der Waals surface area contributed by atoms with Crippen molar-refractivity contribution < 1.29 is 9.59 Å². The standard InChI is InChI=1S/C31H27Cl2N5O2/c32-22-12-10-20(11-13-22)27(39)19-38-26-9-2-8-25(33)29(26)37(31(38)34)18-4-17-36(23-14-15-23)30(40)24-7-1-5-21-6-3-16-35-28(21)24/h1-3,5-13,16,23,34H,4,14-15,17-19H2. The number of para-hydroxylation sites is 2. The summed E-state index contributed by atoms with van der Waals surface area (Å²) in [4.78, 5) is 33.1. The minimum Gasteiger partial charge on any atom is -0.336 e. The quantitative estimate of drug-likeness (QED) is 0.209. The molecule has 0 bridgehead atoms. The van der Waals surface area contributed by atoms with Crippen LogP contribution in [0.5, 0.6) is 0 Å². The summed E-state index contributed by atoms with van der Waals surface area (Å²) in [5, 5.41) is 11.0. The number of rotatable bonds is 9. The molecule has 3 aromatic carbocycles. The van der Waals surface area contributed by atoms with Gasteiger partial charge in [0.25, 0.3) is 5.91 Å². The SMILES string of the molecule is N=c1n(CC(=O)c2ccc(Cl)cc2)c2cccc(Cl)c2n1CCCN(C(=O)c1cccc2cccnc12)C1CC1. The number of imidazole rings is 1. The van der Waals surface area contributed by atoms with Crippen LogP contribution in [0, 0.1) is 5.41 Å². The molecule has 1 aliphatic rings. The fourth-order valence-corrected chi connectivity index (χ4v) is 5.67. The van der Waals surface area contributed by atoms with Gasteiger partial charge < -0.3 is 14.0 Å². The van der Waals surface area contributed by atoms with E-state index in [0.29, 0.717) is 51.7 Å². The molecule has 1 saturated carbocycles. The zero-order valence-corrected chi connectivity index (χ0v) is 23.2. The Hall–Kier alpha value is -3.94. The molecule has 6 rings (SSSR count). The van der Waals surface area contributed by atoms with Gasteiger partial charge in [0.05, 0.1) is 33.7 Å². The zero-order chi connectivity index (χ0) is 27.8. The van der Waals surface area contributed by atoms with E-state index in [1.54, 1.807) is 41.1 Å². The summed E-state index contributed by atoms with van der Waals surface area (Å²) >= 11 is 12.6. The highest BCUT2D eigenvalue weighted by Gasteiger charge is 2.33. The predicted octanol–water partition coefficient (Wildman–Crippen LogP) is 6.36. The Balaban J connectivity index is 1.25. The van der Waals surface area contributed by atoms with Crippen molar-refractivity contribution in [1.82, 2.24) is 19.0 Å². The highest BCUT2D eigenvalue weighted by atomic mass is 35.5. The number of fused-ring (bicyclic) bond motifs is 2. The van der Waals surface area contributed by atoms with E-state index in [2.05, 4.69) is 4.98 Å². The fraction of sp³-hybridized carbons (Fsp3) is 0.226. The summed E-state index contributed by atoms with van der Waals surface area (Å²) in [6, 6.07) is 22.0. The van der Waals surface area contributed by atoms with Gasteiger partial charge in [0.15, 0.2) is 5.78 Å². The lowest BCUT2D eigenvalue weighted by Gasteiger charge is -2.23. The summed E-state index contributed by atoms with van der Waals surface area (Å²) in [6.07, 6.45) is 4.31. The van der Waals surface area contributed by atoms with Crippen molar-refractivity contribution in [2.24, 2.45) is 0 Å². The van der Waals surface area contributed by atoms with Crippen LogP contribution in [-0.2, 0) is 13.1 Å². The topological polar surface area (TPSA) is 84.0 Å². The number of ketones is 1. The van der Waals surface area contributed by atoms with Crippen LogP contribution in [0.2, 0.25) is 10.0 Å². The molecule has 2 heterocycles. The van der Waals surface area contributed by atoms with Crippen LogP contribution in [-0.4, -0.2) is 43.3 Å². The number of nitrogens with one attached hydrogen (secondary N) is 1. The van der Waals surface area contributed by atoms with Gasteiger partial charge in [0, 0.05) is 41.3 Å². The van der Waals surface area contributed by atoms with Crippen molar-refractivity contribution in [2.75, 3.05) is 6.54 Å². The molecule has 1 fully saturated rings. The van der Waals surface area contributed by atoms with Gasteiger partial charge in [-0.25, -0.2) is 0 Å². The minimum absolute atomic E-state index is 0.00503. The minimum atomic E-state index is -0.122. The molecule has 0 atom stereocenters. The van der Waals surface area contributed by atoms with Crippen molar-refractivity contribution in [2.45, 2.75) is 38.4 Å². The summed E-state index contributed by atoms with van der Waals surface area (Å²) in [5.41, 5.74) is 3.47. The first-order valence-corrected chi connectivity index (χ1v) is 14.0. The molecule has 7 nitrogen and oxygen atoms in total. The van der Waals surface area contributed by atoms with Crippen molar-refractivity contribution in [1.29, 1.82) is 5.41 Å². The monoisotopic (exact) mass is 571 g/mol.